The van der Waals surface area contributed by atoms with Gasteiger partial charge < -0.3 is 10.8 Å². The molecule has 2 aliphatic rings. The molecular formula is C29H38F3N3O4S. The predicted molar refractivity (Wildman–Crippen MR) is 145 cm³/mol. The molecule has 1 aliphatic carbocycles. The minimum absolute atomic E-state index is 0.0369. The van der Waals surface area contributed by atoms with Gasteiger partial charge in [-0.2, -0.15) is 13.2 Å². The second kappa shape index (κ2) is 11.8. The van der Waals surface area contributed by atoms with Gasteiger partial charge in [-0.25, -0.2) is 8.42 Å². The molecular weight excluding hydrogens is 543 g/mol. The third-order valence-electron chi connectivity index (χ3n) is 8.44. The first kappa shape index (κ1) is 30.5. The fourth-order valence-electron chi connectivity index (χ4n) is 6.26. The zero-order valence-electron chi connectivity index (χ0n) is 23.1. The number of hydrogen-bond acceptors (Lipinski definition) is 6. The Balaban J connectivity index is 1.64. The Morgan fingerprint density at radius 2 is 1.77 bits per heavy atom. The van der Waals surface area contributed by atoms with Crippen molar-refractivity contribution in [3.05, 3.63) is 58.4 Å². The topological polar surface area (TPSA) is 114 Å². The highest BCUT2D eigenvalue weighted by Crippen LogP contribution is 2.44. The predicted octanol–water partition coefficient (Wildman–Crippen LogP) is 4.98. The number of primary amides is 1. The Hall–Kier alpha value is -2.50. The van der Waals surface area contributed by atoms with Crippen LogP contribution in [0, 0.1) is 17.8 Å². The maximum absolute atomic E-state index is 13.2. The van der Waals surface area contributed by atoms with E-state index in [0.717, 1.165) is 11.3 Å². The van der Waals surface area contributed by atoms with Gasteiger partial charge in [0.05, 0.1) is 52.1 Å². The van der Waals surface area contributed by atoms with Crippen LogP contribution in [-0.4, -0.2) is 54.4 Å². The van der Waals surface area contributed by atoms with Crippen LogP contribution in [0.25, 0.3) is 0 Å². The molecule has 1 aromatic heterocycles. The lowest BCUT2D eigenvalue weighted by Gasteiger charge is -2.35. The molecule has 1 aliphatic heterocycles. The number of nitrogens with two attached hydrogens (primary N) is 1. The van der Waals surface area contributed by atoms with E-state index in [4.69, 9.17) is 10.7 Å². The van der Waals surface area contributed by atoms with Gasteiger partial charge in [0.1, 0.15) is 0 Å². The lowest BCUT2D eigenvalue weighted by atomic mass is 9.81. The van der Waals surface area contributed by atoms with Gasteiger partial charge in [-0.1, -0.05) is 32.9 Å². The van der Waals surface area contributed by atoms with Crippen LogP contribution in [0.1, 0.15) is 91.3 Å². The van der Waals surface area contributed by atoms with Crippen LogP contribution in [-0.2, 0) is 16.4 Å². The summed E-state index contributed by atoms with van der Waals surface area (Å²) in [6.45, 7) is 6.47. The molecule has 40 heavy (non-hydrogen) atoms. The van der Waals surface area contributed by atoms with Crippen LogP contribution < -0.4 is 5.73 Å². The number of alkyl halides is 3. The summed E-state index contributed by atoms with van der Waals surface area (Å²) in [5, 5.41) is 10.4. The zero-order chi connectivity index (χ0) is 29.4. The number of aliphatic hydroxyl groups is 1. The molecule has 1 fully saturated rings. The van der Waals surface area contributed by atoms with Gasteiger partial charge in [-0.3, -0.25) is 14.7 Å². The highest BCUT2D eigenvalue weighted by Gasteiger charge is 2.43. The molecule has 4 rings (SSSR count). The van der Waals surface area contributed by atoms with Crippen molar-refractivity contribution in [2.45, 2.75) is 76.0 Å². The number of pyridine rings is 1. The molecule has 1 aromatic carbocycles. The minimum atomic E-state index is -4.14. The van der Waals surface area contributed by atoms with E-state index in [2.05, 4.69) is 18.7 Å². The monoisotopic (exact) mass is 581 g/mol. The summed E-state index contributed by atoms with van der Waals surface area (Å²) < 4.78 is 64.0. The molecule has 11 heteroatoms. The zero-order valence-corrected chi connectivity index (χ0v) is 23.9. The number of hydrogen-bond donors (Lipinski definition) is 2. The summed E-state index contributed by atoms with van der Waals surface area (Å²) in [5.41, 5.74) is 8.51. The van der Waals surface area contributed by atoms with E-state index in [9.17, 15) is 31.5 Å². The first-order valence-electron chi connectivity index (χ1n) is 13.8. The Morgan fingerprint density at radius 1 is 1.15 bits per heavy atom. The summed E-state index contributed by atoms with van der Waals surface area (Å²) in [5.74, 6) is -2.37. The molecule has 3 N–H and O–H groups in total. The Morgan fingerprint density at radius 3 is 2.27 bits per heavy atom. The van der Waals surface area contributed by atoms with Gasteiger partial charge in [0.2, 0.25) is 0 Å². The van der Waals surface area contributed by atoms with Crippen molar-refractivity contribution in [2.75, 3.05) is 18.9 Å². The van der Waals surface area contributed by atoms with Crippen molar-refractivity contribution in [3.63, 3.8) is 0 Å². The fraction of sp³-hybridized carbons (Fsp3) is 0.586. The van der Waals surface area contributed by atoms with E-state index < -0.39 is 33.8 Å². The molecule has 0 saturated heterocycles. The second-order valence-corrected chi connectivity index (χ2v) is 13.7. The molecule has 1 unspecified atom stereocenters. The highest BCUT2D eigenvalue weighted by molar-refractivity contribution is 7.91. The van der Waals surface area contributed by atoms with Crippen LogP contribution >= 0.6 is 0 Å². The van der Waals surface area contributed by atoms with E-state index in [1.165, 1.54) is 12.1 Å². The van der Waals surface area contributed by atoms with Crippen LogP contribution in [0.3, 0.4) is 0 Å². The molecule has 1 saturated carbocycles. The molecule has 2 aromatic rings. The van der Waals surface area contributed by atoms with Crippen molar-refractivity contribution in [2.24, 2.45) is 23.5 Å². The van der Waals surface area contributed by atoms with Gasteiger partial charge in [0.15, 0.2) is 9.84 Å². The number of rotatable bonds is 9. The Bertz CT molecular complexity index is 1320. The number of halogens is 3. The highest BCUT2D eigenvalue weighted by atomic mass is 32.2. The van der Waals surface area contributed by atoms with Crippen LogP contribution in [0.15, 0.2) is 35.2 Å². The molecule has 7 nitrogen and oxygen atoms in total. The van der Waals surface area contributed by atoms with E-state index >= 15 is 0 Å². The van der Waals surface area contributed by atoms with Gasteiger partial charge in [0.25, 0.3) is 5.91 Å². The first-order valence-corrected chi connectivity index (χ1v) is 15.5. The van der Waals surface area contributed by atoms with Crippen molar-refractivity contribution >= 4 is 15.7 Å². The third-order valence-corrected chi connectivity index (χ3v) is 10.2. The summed E-state index contributed by atoms with van der Waals surface area (Å²) in [7, 11) is -3.40. The average molecular weight is 582 g/mol. The lowest BCUT2D eigenvalue weighted by Crippen LogP contribution is -2.35. The van der Waals surface area contributed by atoms with Crippen molar-refractivity contribution in [1.29, 1.82) is 0 Å². The number of carbonyl (C=O) groups excluding carboxylic acids is 1. The largest absolute Gasteiger partial charge is 0.395 e. The lowest BCUT2D eigenvalue weighted by molar-refractivity contribution is -0.184. The normalized spacial score (nSPS) is 22.9. The molecule has 0 radical (unpaired) electrons. The molecule has 220 valence electrons. The fourth-order valence-corrected chi connectivity index (χ4v) is 7.15. The van der Waals surface area contributed by atoms with Crippen molar-refractivity contribution in [1.82, 2.24) is 9.88 Å². The van der Waals surface area contributed by atoms with E-state index in [1.807, 2.05) is 0 Å². The number of aromatic nitrogens is 1. The van der Waals surface area contributed by atoms with Gasteiger partial charge in [0, 0.05) is 13.1 Å². The summed E-state index contributed by atoms with van der Waals surface area (Å²) in [4.78, 5) is 19.9. The number of nitrogens with zero attached hydrogens (tertiary/aromatic N) is 2. The SMILES string of the molecule is CCS(=O)(=O)c1ccc([C@@H](CO)c2nc3c(cc2C(N)=O)CN(CC2CCC(C(F)(F)F)CC2)C3C(C)C)cc1. The quantitative estimate of drug-likeness (QED) is 0.432. The minimum Gasteiger partial charge on any atom is -0.395 e. The van der Waals surface area contributed by atoms with Crippen LogP contribution in [0.5, 0.6) is 0 Å². The molecule has 0 spiro atoms. The van der Waals surface area contributed by atoms with E-state index in [-0.39, 0.29) is 53.5 Å². The van der Waals surface area contributed by atoms with Crippen LogP contribution in [0.2, 0.25) is 0 Å². The second-order valence-electron chi connectivity index (χ2n) is 11.4. The number of carbonyl (C=O) groups is 1. The van der Waals surface area contributed by atoms with Crippen molar-refractivity contribution in [3.8, 4) is 0 Å². The molecule has 2 atom stereocenters. The van der Waals surface area contributed by atoms with Gasteiger partial charge in [-0.05, 0) is 66.8 Å². The first-order chi connectivity index (χ1) is 18.8. The maximum atomic E-state index is 13.2. The standard InChI is InChI=1S/C29H38F3N3O4S/c1-4-40(38,39)22-11-7-19(8-12-22)24(16-36)26-23(28(33)37)13-20-15-35(27(17(2)3)25(20)34-26)14-18-5-9-21(10-6-18)29(30,31)32/h7-8,11-13,17-18,21,24,27,36H,4-6,9-10,14-16H2,1-3H3,(H2,33,37)/t18?,21?,24-,27?/m1/s1. The number of fused-ring (bicyclic) bond motifs is 1. The maximum Gasteiger partial charge on any atom is 0.391 e. The van der Waals surface area contributed by atoms with E-state index in [1.54, 1.807) is 25.1 Å². The van der Waals surface area contributed by atoms with Gasteiger partial charge in [-0.15, -0.1) is 0 Å². The van der Waals surface area contributed by atoms with Gasteiger partial charge >= 0.3 is 6.18 Å². The molecule has 2 heterocycles. The number of amides is 1. The smallest absolute Gasteiger partial charge is 0.391 e. The van der Waals surface area contributed by atoms with E-state index in [0.29, 0.717) is 37.2 Å². The molecule has 0 bridgehead atoms. The summed E-state index contributed by atoms with van der Waals surface area (Å²) in [6.07, 6.45) is -2.82. The molecule has 1 amide bonds. The third kappa shape index (κ3) is 6.21. The summed E-state index contributed by atoms with van der Waals surface area (Å²) in [6, 6.07) is 7.83. The average Bonchev–Trinajstić information content (AvgIpc) is 3.25. The number of benzene rings is 1. The van der Waals surface area contributed by atoms with Crippen LogP contribution in [0.4, 0.5) is 13.2 Å². The number of sulfone groups is 1. The van der Waals surface area contributed by atoms with Crippen molar-refractivity contribution < 1.29 is 31.5 Å². The Kier molecular flexibility index (Phi) is 8.97. The summed E-state index contributed by atoms with van der Waals surface area (Å²) >= 11 is 0. The Labute approximate surface area is 233 Å². The number of aliphatic hydroxyl groups excluding tert-OH is 1.